The zero-order chi connectivity index (χ0) is 12.4. The van der Waals surface area contributed by atoms with Gasteiger partial charge in [0.1, 0.15) is 10.8 Å². The van der Waals surface area contributed by atoms with Gasteiger partial charge in [-0.1, -0.05) is 18.2 Å². The number of thiazole rings is 1. The summed E-state index contributed by atoms with van der Waals surface area (Å²) in [6.45, 7) is 0.138. The molecule has 1 heterocycles. The fraction of sp³-hybridized carbons (Fsp3) is 0.0909. The van der Waals surface area contributed by atoms with Crippen LogP contribution in [-0.2, 0) is 6.54 Å². The van der Waals surface area contributed by atoms with Crippen molar-refractivity contribution >= 4 is 17.3 Å². The topological polar surface area (TPSA) is 76.2 Å². The molecule has 0 aliphatic rings. The second-order valence-corrected chi connectivity index (χ2v) is 4.36. The maximum absolute atomic E-state index is 13.6. The number of nitrogens with zero attached hydrogens (tertiary/aromatic N) is 1. The van der Waals surface area contributed by atoms with E-state index in [2.05, 4.69) is 4.98 Å². The lowest BCUT2D eigenvalue weighted by Crippen LogP contribution is -2.01. The number of nitrogens with two attached hydrogens (primary N) is 1. The summed E-state index contributed by atoms with van der Waals surface area (Å²) < 4.78 is 13.6. The molecule has 2 rings (SSSR count). The van der Waals surface area contributed by atoms with E-state index in [-0.39, 0.29) is 17.8 Å². The minimum atomic E-state index is -1.18. The number of hydrogen-bond acceptors (Lipinski definition) is 4. The van der Waals surface area contributed by atoms with Crippen molar-refractivity contribution in [2.45, 2.75) is 6.54 Å². The van der Waals surface area contributed by atoms with E-state index in [1.54, 1.807) is 12.1 Å². The predicted molar refractivity (Wildman–Crippen MR) is 62.4 cm³/mol. The summed E-state index contributed by atoms with van der Waals surface area (Å²) >= 11 is 1.10. The number of halogens is 1. The van der Waals surface area contributed by atoms with Crippen LogP contribution in [0.1, 0.15) is 15.5 Å². The van der Waals surface area contributed by atoms with Crippen LogP contribution < -0.4 is 5.73 Å². The maximum atomic E-state index is 13.6. The average molecular weight is 252 g/mol. The van der Waals surface area contributed by atoms with Gasteiger partial charge in [0.05, 0.1) is 4.88 Å². The Bertz CT molecular complexity index is 568. The summed E-state index contributed by atoms with van der Waals surface area (Å²) in [5, 5.41) is 9.48. The third kappa shape index (κ3) is 2.17. The largest absolute Gasteiger partial charge is 0.476 e. The molecule has 0 saturated carbocycles. The SMILES string of the molecule is NCc1nc(C(=O)O)c(-c2ccccc2F)s1. The maximum Gasteiger partial charge on any atom is 0.356 e. The van der Waals surface area contributed by atoms with Gasteiger partial charge in [0.2, 0.25) is 0 Å². The Morgan fingerprint density at radius 2 is 2.18 bits per heavy atom. The molecule has 88 valence electrons. The van der Waals surface area contributed by atoms with Gasteiger partial charge in [0, 0.05) is 12.1 Å². The highest BCUT2D eigenvalue weighted by atomic mass is 32.1. The van der Waals surface area contributed by atoms with E-state index in [1.165, 1.54) is 12.1 Å². The predicted octanol–water partition coefficient (Wildman–Crippen LogP) is 2.11. The fourth-order valence-electron chi connectivity index (χ4n) is 1.42. The third-order valence-corrected chi connectivity index (χ3v) is 3.28. The van der Waals surface area contributed by atoms with Crippen molar-refractivity contribution in [2.24, 2.45) is 5.73 Å². The molecule has 6 heteroatoms. The van der Waals surface area contributed by atoms with Crippen LogP contribution in [0.2, 0.25) is 0 Å². The van der Waals surface area contributed by atoms with Crippen molar-refractivity contribution in [2.75, 3.05) is 0 Å². The number of rotatable bonds is 3. The summed E-state index contributed by atoms with van der Waals surface area (Å²) in [5.74, 6) is -1.65. The summed E-state index contributed by atoms with van der Waals surface area (Å²) in [7, 11) is 0. The molecule has 0 saturated heterocycles. The standard InChI is InChI=1S/C11H9FN2O2S/c12-7-4-2-1-3-6(7)10-9(11(15)16)14-8(5-13)17-10/h1-4H,5,13H2,(H,15,16). The lowest BCUT2D eigenvalue weighted by atomic mass is 10.1. The summed E-state index contributed by atoms with van der Waals surface area (Å²) in [4.78, 5) is 15.2. The minimum Gasteiger partial charge on any atom is -0.476 e. The number of carbonyl (C=O) groups is 1. The molecule has 1 aromatic carbocycles. The van der Waals surface area contributed by atoms with E-state index in [0.29, 0.717) is 9.88 Å². The van der Waals surface area contributed by atoms with Crippen molar-refractivity contribution in [3.8, 4) is 10.4 Å². The van der Waals surface area contributed by atoms with Crippen LogP contribution >= 0.6 is 11.3 Å². The quantitative estimate of drug-likeness (QED) is 0.877. The molecule has 0 spiro atoms. The van der Waals surface area contributed by atoms with Crippen molar-refractivity contribution in [3.05, 3.63) is 40.8 Å². The van der Waals surface area contributed by atoms with Gasteiger partial charge in [-0.15, -0.1) is 11.3 Å². The summed E-state index contributed by atoms with van der Waals surface area (Å²) in [5.41, 5.74) is 5.50. The first-order chi connectivity index (χ1) is 8.13. The van der Waals surface area contributed by atoms with Crippen molar-refractivity contribution in [1.29, 1.82) is 0 Å². The van der Waals surface area contributed by atoms with E-state index >= 15 is 0 Å². The van der Waals surface area contributed by atoms with Gasteiger partial charge < -0.3 is 10.8 Å². The van der Waals surface area contributed by atoms with Gasteiger partial charge in [-0.05, 0) is 6.07 Å². The van der Waals surface area contributed by atoms with Crippen molar-refractivity contribution in [1.82, 2.24) is 4.98 Å². The third-order valence-electron chi connectivity index (χ3n) is 2.17. The van der Waals surface area contributed by atoms with E-state index < -0.39 is 11.8 Å². The molecule has 0 aliphatic heterocycles. The molecule has 0 atom stereocenters. The van der Waals surface area contributed by atoms with Crippen LogP contribution in [0, 0.1) is 5.82 Å². The van der Waals surface area contributed by atoms with Gasteiger partial charge in [0.25, 0.3) is 0 Å². The lowest BCUT2D eigenvalue weighted by molar-refractivity contribution is 0.0692. The van der Waals surface area contributed by atoms with E-state index in [4.69, 9.17) is 10.8 Å². The number of hydrogen-bond donors (Lipinski definition) is 2. The highest BCUT2D eigenvalue weighted by molar-refractivity contribution is 7.15. The van der Waals surface area contributed by atoms with Gasteiger partial charge >= 0.3 is 5.97 Å². The van der Waals surface area contributed by atoms with Gasteiger partial charge in [0.15, 0.2) is 5.69 Å². The lowest BCUT2D eigenvalue weighted by Gasteiger charge is -1.99. The first-order valence-corrected chi connectivity index (χ1v) is 5.63. The van der Waals surface area contributed by atoms with E-state index in [0.717, 1.165) is 11.3 Å². The summed E-state index contributed by atoms with van der Waals surface area (Å²) in [6.07, 6.45) is 0. The Labute approximate surface area is 101 Å². The van der Waals surface area contributed by atoms with Crippen molar-refractivity contribution < 1.29 is 14.3 Å². The molecule has 1 aromatic heterocycles. The molecule has 0 radical (unpaired) electrons. The molecule has 4 nitrogen and oxygen atoms in total. The first kappa shape index (κ1) is 11.7. The number of aromatic nitrogens is 1. The van der Waals surface area contributed by atoms with E-state index in [9.17, 15) is 9.18 Å². The monoisotopic (exact) mass is 252 g/mol. The summed E-state index contributed by atoms with van der Waals surface area (Å²) in [6, 6.07) is 5.99. The fourth-order valence-corrected chi connectivity index (χ4v) is 2.39. The molecule has 0 unspecified atom stereocenters. The Morgan fingerprint density at radius 1 is 1.47 bits per heavy atom. The van der Waals surface area contributed by atoms with Crippen molar-refractivity contribution in [3.63, 3.8) is 0 Å². The first-order valence-electron chi connectivity index (χ1n) is 4.81. The number of carboxylic acid groups (broad SMARTS) is 1. The number of carboxylic acids is 1. The smallest absolute Gasteiger partial charge is 0.356 e. The molecule has 0 amide bonds. The number of aromatic carboxylic acids is 1. The highest BCUT2D eigenvalue weighted by Crippen LogP contribution is 2.32. The van der Waals surface area contributed by atoms with Crippen LogP contribution in [0.25, 0.3) is 10.4 Å². The Morgan fingerprint density at radius 3 is 2.76 bits per heavy atom. The zero-order valence-electron chi connectivity index (χ0n) is 8.68. The van der Waals surface area contributed by atoms with Gasteiger partial charge in [-0.3, -0.25) is 0 Å². The molecule has 17 heavy (non-hydrogen) atoms. The molecule has 2 aromatic rings. The molecule has 0 bridgehead atoms. The van der Waals surface area contributed by atoms with Gasteiger partial charge in [-0.2, -0.15) is 0 Å². The van der Waals surface area contributed by atoms with E-state index in [1.807, 2.05) is 0 Å². The number of benzene rings is 1. The van der Waals surface area contributed by atoms with Gasteiger partial charge in [-0.25, -0.2) is 14.2 Å². The molecule has 0 aliphatic carbocycles. The van der Waals surface area contributed by atoms with Crippen LogP contribution in [-0.4, -0.2) is 16.1 Å². The Balaban J connectivity index is 2.62. The average Bonchev–Trinajstić information content (AvgIpc) is 2.73. The Hall–Kier alpha value is -1.79. The van der Waals surface area contributed by atoms with Crippen LogP contribution in [0.5, 0.6) is 0 Å². The molecule has 0 fully saturated rings. The highest BCUT2D eigenvalue weighted by Gasteiger charge is 2.20. The second-order valence-electron chi connectivity index (χ2n) is 3.27. The second kappa shape index (κ2) is 4.60. The van der Waals surface area contributed by atoms with Crippen LogP contribution in [0.15, 0.2) is 24.3 Å². The molecular weight excluding hydrogens is 243 g/mol. The Kier molecular flexibility index (Phi) is 3.16. The minimum absolute atomic E-state index is 0.138. The molecule has 3 N–H and O–H groups in total. The molecular formula is C11H9FN2O2S. The normalized spacial score (nSPS) is 10.5. The van der Waals surface area contributed by atoms with Crippen LogP contribution in [0.3, 0.4) is 0 Å². The zero-order valence-corrected chi connectivity index (χ0v) is 9.50. The van der Waals surface area contributed by atoms with Crippen LogP contribution in [0.4, 0.5) is 4.39 Å².